The summed E-state index contributed by atoms with van der Waals surface area (Å²) >= 11 is 0. The summed E-state index contributed by atoms with van der Waals surface area (Å²) in [6.45, 7) is 14.7. The summed E-state index contributed by atoms with van der Waals surface area (Å²) in [4.78, 5) is 37.1. The van der Waals surface area contributed by atoms with Crippen molar-refractivity contribution in [2.45, 2.75) is 105 Å². The van der Waals surface area contributed by atoms with Crippen LogP contribution in [0.2, 0.25) is 0 Å². The smallest absolute Gasteiger partial charge is 0.333 e. The number of carbonyl (C=O) groups is 3. The van der Waals surface area contributed by atoms with Crippen molar-refractivity contribution in [1.82, 2.24) is 0 Å². The maximum atomic E-state index is 12.7. The molecule has 0 aromatic heterocycles. The fourth-order valence-electron chi connectivity index (χ4n) is 9.01. The van der Waals surface area contributed by atoms with Gasteiger partial charge in [0.2, 0.25) is 0 Å². The molecule has 0 aromatic carbocycles. The van der Waals surface area contributed by atoms with Crippen molar-refractivity contribution in [2.75, 3.05) is 6.61 Å². The molecule has 208 valence electrons. The van der Waals surface area contributed by atoms with Gasteiger partial charge in [-0.1, -0.05) is 39.0 Å². The Labute approximate surface area is 227 Å². The molecule has 2 heterocycles. The Morgan fingerprint density at radius 1 is 1.08 bits per heavy atom. The summed E-state index contributed by atoms with van der Waals surface area (Å²) in [5.74, 6) is 0.0228. The first-order valence-corrected chi connectivity index (χ1v) is 14.4. The molecule has 0 amide bonds. The second-order valence-corrected chi connectivity index (χ2v) is 13.6. The fourth-order valence-corrected chi connectivity index (χ4v) is 9.01. The highest BCUT2D eigenvalue weighted by Crippen LogP contribution is 2.71. The molecule has 1 saturated heterocycles. The minimum absolute atomic E-state index is 0.00634. The van der Waals surface area contributed by atoms with Crippen LogP contribution in [-0.4, -0.2) is 36.2 Å². The lowest BCUT2D eigenvalue weighted by molar-refractivity contribution is -0.163. The van der Waals surface area contributed by atoms with E-state index in [-0.39, 0.29) is 53.3 Å². The Bertz CT molecular complexity index is 1140. The molecule has 5 aliphatic rings. The molecule has 6 heteroatoms. The molecule has 0 aromatic rings. The van der Waals surface area contributed by atoms with E-state index in [9.17, 15) is 14.4 Å². The van der Waals surface area contributed by atoms with Crippen molar-refractivity contribution in [3.8, 4) is 0 Å². The molecule has 5 rings (SSSR count). The number of hydrogen-bond acceptors (Lipinski definition) is 6. The minimum Gasteiger partial charge on any atom is -0.465 e. The molecule has 2 aliphatic heterocycles. The van der Waals surface area contributed by atoms with Gasteiger partial charge in [-0.25, -0.2) is 4.79 Å². The van der Waals surface area contributed by atoms with Crippen LogP contribution in [0.4, 0.5) is 0 Å². The van der Waals surface area contributed by atoms with E-state index >= 15 is 0 Å². The summed E-state index contributed by atoms with van der Waals surface area (Å²) in [5.41, 5.74) is 2.16. The first-order chi connectivity index (χ1) is 17.7. The van der Waals surface area contributed by atoms with Crippen molar-refractivity contribution in [1.29, 1.82) is 0 Å². The summed E-state index contributed by atoms with van der Waals surface area (Å²) in [5, 5.41) is 0. The molecule has 0 radical (unpaired) electrons. The van der Waals surface area contributed by atoms with Crippen molar-refractivity contribution >= 4 is 17.9 Å². The zero-order valence-corrected chi connectivity index (χ0v) is 24.1. The lowest BCUT2D eigenvalue weighted by atomic mass is 9.47. The van der Waals surface area contributed by atoms with Crippen LogP contribution >= 0.6 is 0 Å². The predicted octanol–water partition coefficient (Wildman–Crippen LogP) is 6.25. The second kappa shape index (κ2) is 9.09. The first-order valence-electron chi connectivity index (χ1n) is 14.4. The molecular formula is C32H44O6. The Balaban J connectivity index is 1.54. The average molecular weight is 525 g/mol. The number of cyclic esters (lactones) is 2. The quantitative estimate of drug-likeness (QED) is 0.320. The number of carbonyl (C=O) groups excluding carboxylic acids is 3. The highest BCUT2D eigenvalue weighted by Gasteiger charge is 2.64. The molecule has 2 fully saturated rings. The SMILES string of the molecule is CC(=O)OCC12CCC(=O)OC(C)(C)C1CC=C1C2=CCC2(C)C(C(C)C3CC=C(C)C(=O)O3)CCC12C. The second-order valence-electron chi connectivity index (χ2n) is 13.6. The number of ether oxygens (including phenoxy) is 3. The van der Waals surface area contributed by atoms with E-state index in [4.69, 9.17) is 14.2 Å². The van der Waals surface area contributed by atoms with E-state index in [0.717, 1.165) is 32.1 Å². The molecule has 0 bridgehead atoms. The van der Waals surface area contributed by atoms with Crippen LogP contribution in [0.5, 0.6) is 0 Å². The molecule has 7 unspecified atom stereocenters. The zero-order valence-electron chi connectivity index (χ0n) is 24.1. The van der Waals surface area contributed by atoms with Crippen molar-refractivity contribution < 1.29 is 28.6 Å². The van der Waals surface area contributed by atoms with Gasteiger partial charge < -0.3 is 14.2 Å². The number of allylic oxidation sites excluding steroid dienone is 3. The van der Waals surface area contributed by atoms with Gasteiger partial charge >= 0.3 is 17.9 Å². The van der Waals surface area contributed by atoms with Gasteiger partial charge in [-0.15, -0.1) is 0 Å². The lowest BCUT2D eigenvalue weighted by Crippen LogP contribution is -2.53. The van der Waals surface area contributed by atoms with Gasteiger partial charge in [-0.3, -0.25) is 9.59 Å². The maximum Gasteiger partial charge on any atom is 0.333 e. The summed E-state index contributed by atoms with van der Waals surface area (Å²) in [6, 6.07) is 0. The molecule has 6 nitrogen and oxygen atoms in total. The van der Waals surface area contributed by atoms with Crippen LogP contribution < -0.4 is 0 Å². The molecule has 3 aliphatic carbocycles. The largest absolute Gasteiger partial charge is 0.465 e. The number of fused-ring (bicyclic) bond motifs is 5. The van der Waals surface area contributed by atoms with Gasteiger partial charge in [-0.05, 0) is 86.7 Å². The lowest BCUT2D eigenvalue weighted by Gasteiger charge is -2.58. The topological polar surface area (TPSA) is 78.9 Å². The summed E-state index contributed by atoms with van der Waals surface area (Å²) < 4.78 is 17.6. The normalized spacial score (nSPS) is 40.6. The van der Waals surface area contributed by atoms with E-state index in [1.165, 1.54) is 18.1 Å². The third-order valence-corrected chi connectivity index (χ3v) is 11.4. The van der Waals surface area contributed by atoms with Crippen LogP contribution in [0.25, 0.3) is 0 Å². The van der Waals surface area contributed by atoms with E-state index in [2.05, 4.69) is 32.9 Å². The van der Waals surface area contributed by atoms with E-state index < -0.39 is 11.0 Å². The van der Waals surface area contributed by atoms with Crippen LogP contribution in [0.1, 0.15) is 93.4 Å². The fraction of sp³-hybridized carbons (Fsp3) is 0.719. The molecule has 7 atom stereocenters. The summed E-state index contributed by atoms with van der Waals surface area (Å²) in [6.07, 6.45) is 12.3. The maximum absolute atomic E-state index is 12.7. The van der Waals surface area contributed by atoms with Crippen LogP contribution in [0.15, 0.2) is 34.9 Å². The molecule has 0 N–H and O–H groups in total. The Kier molecular flexibility index (Phi) is 6.51. The average Bonchev–Trinajstić information content (AvgIpc) is 3.07. The van der Waals surface area contributed by atoms with Crippen molar-refractivity contribution in [3.63, 3.8) is 0 Å². The van der Waals surface area contributed by atoms with E-state index in [1.54, 1.807) is 0 Å². The first kappa shape index (κ1) is 27.2. The predicted molar refractivity (Wildman–Crippen MR) is 144 cm³/mol. The van der Waals surface area contributed by atoms with Gasteiger partial charge in [-0.2, -0.15) is 0 Å². The standard InChI is InChI=1S/C32H44O6/c1-19-8-10-25(37-28(19)35)20(2)22-12-15-31(7)23-9-11-26-29(4,5)38-27(34)14-17-32(26,18-36-21(3)33)24(23)13-16-30(22,31)6/h8-9,13,20,22,25-26H,10-12,14-18H2,1-7H3. The Morgan fingerprint density at radius 2 is 1.82 bits per heavy atom. The highest BCUT2D eigenvalue weighted by atomic mass is 16.6. The van der Waals surface area contributed by atoms with Gasteiger partial charge in [0.15, 0.2) is 0 Å². The number of esters is 3. The van der Waals surface area contributed by atoms with Crippen LogP contribution in [0, 0.1) is 34.0 Å². The van der Waals surface area contributed by atoms with Gasteiger partial charge in [0.1, 0.15) is 18.3 Å². The number of rotatable bonds is 4. The highest BCUT2D eigenvalue weighted by molar-refractivity contribution is 5.88. The third kappa shape index (κ3) is 3.92. The Morgan fingerprint density at radius 3 is 2.50 bits per heavy atom. The zero-order chi connectivity index (χ0) is 27.7. The Hall–Kier alpha value is -2.37. The molecule has 1 saturated carbocycles. The van der Waals surface area contributed by atoms with Crippen LogP contribution in [0.3, 0.4) is 0 Å². The monoisotopic (exact) mass is 524 g/mol. The molecular weight excluding hydrogens is 480 g/mol. The number of hydrogen-bond donors (Lipinski definition) is 0. The third-order valence-electron chi connectivity index (χ3n) is 11.4. The molecule has 38 heavy (non-hydrogen) atoms. The van der Waals surface area contributed by atoms with Gasteiger partial charge in [0.05, 0.1) is 0 Å². The summed E-state index contributed by atoms with van der Waals surface area (Å²) in [7, 11) is 0. The van der Waals surface area contributed by atoms with Crippen molar-refractivity contribution in [3.05, 3.63) is 34.9 Å². The van der Waals surface area contributed by atoms with Gasteiger partial charge in [0.25, 0.3) is 0 Å². The van der Waals surface area contributed by atoms with E-state index in [0.29, 0.717) is 24.3 Å². The minimum atomic E-state index is -0.665. The van der Waals surface area contributed by atoms with Crippen molar-refractivity contribution in [2.24, 2.45) is 34.0 Å². The van der Waals surface area contributed by atoms with E-state index in [1.807, 2.05) is 26.8 Å². The molecule has 0 spiro atoms. The van der Waals surface area contributed by atoms with Crippen LogP contribution in [-0.2, 0) is 28.6 Å². The van der Waals surface area contributed by atoms with Gasteiger partial charge in [0, 0.05) is 36.7 Å².